The molecule has 0 spiro atoms. The van der Waals surface area contributed by atoms with Crippen molar-refractivity contribution in [3.63, 3.8) is 0 Å². The van der Waals surface area contributed by atoms with Crippen LogP contribution in [0, 0.1) is 0 Å². The maximum Gasteiger partial charge on any atom is 0.255 e. The fourth-order valence-electron chi connectivity index (χ4n) is 2.14. The fourth-order valence-corrected chi connectivity index (χ4v) is 2.14. The van der Waals surface area contributed by atoms with Gasteiger partial charge in [-0.1, -0.05) is 18.2 Å². The second-order valence-corrected chi connectivity index (χ2v) is 4.74. The van der Waals surface area contributed by atoms with E-state index in [9.17, 15) is 4.79 Å². The SMILES string of the molecule is COc1ccc2c(c1)C=C(C(=O)Nc1ccccc1)C=CO2. The smallest absolute Gasteiger partial charge is 0.255 e. The summed E-state index contributed by atoms with van der Waals surface area (Å²) in [4.78, 5) is 12.4. The van der Waals surface area contributed by atoms with Gasteiger partial charge in [-0.05, 0) is 42.5 Å². The Hall–Kier alpha value is -3.01. The first-order valence-electron chi connectivity index (χ1n) is 6.85. The molecule has 0 saturated carbocycles. The van der Waals surface area contributed by atoms with Gasteiger partial charge in [0.15, 0.2) is 0 Å². The second kappa shape index (κ2) is 6.18. The molecular formula is C18H15NO3. The van der Waals surface area contributed by atoms with Gasteiger partial charge in [-0.2, -0.15) is 0 Å². The van der Waals surface area contributed by atoms with Gasteiger partial charge in [-0.15, -0.1) is 0 Å². The van der Waals surface area contributed by atoms with Crippen molar-refractivity contribution in [2.75, 3.05) is 12.4 Å². The molecule has 2 aromatic carbocycles. The van der Waals surface area contributed by atoms with Gasteiger partial charge in [0.1, 0.15) is 11.5 Å². The zero-order valence-corrected chi connectivity index (χ0v) is 12.1. The van der Waals surface area contributed by atoms with Crippen LogP contribution in [0.1, 0.15) is 5.56 Å². The third-order valence-corrected chi connectivity index (χ3v) is 3.26. The Kier molecular flexibility index (Phi) is 3.92. The van der Waals surface area contributed by atoms with E-state index in [0.717, 1.165) is 11.3 Å². The molecule has 110 valence electrons. The van der Waals surface area contributed by atoms with Gasteiger partial charge < -0.3 is 14.8 Å². The predicted octanol–water partition coefficient (Wildman–Crippen LogP) is 3.62. The van der Waals surface area contributed by atoms with Crippen LogP contribution < -0.4 is 14.8 Å². The molecule has 3 rings (SSSR count). The summed E-state index contributed by atoms with van der Waals surface area (Å²) in [5.74, 6) is 1.20. The Morgan fingerprint density at radius 1 is 1.14 bits per heavy atom. The lowest BCUT2D eigenvalue weighted by Crippen LogP contribution is -2.12. The topological polar surface area (TPSA) is 47.6 Å². The molecule has 0 unspecified atom stereocenters. The number of benzene rings is 2. The zero-order chi connectivity index (χ0) is 15.4. The van der Waals surface area contributed by atoms with Gasteiger partial charge >= 0.3 is 0 Å². The molecule has 0 aliphatic carbocycles. The van der Waals surface area contributed by atoms with Crippen LogP contribution in [-0.2, 0) is 4.79 Å². The van der Waals surface area contributed by atoms with Crippen LogP contribution in [0.4, 0.5) is 5.69 Å². The van der Waals surface area contributed by atoms with Crippen molar-refractivity contribution in [3.05, 3.63) is 72.0 Å². The average molecular weight is 293 g/mol. The number of anilines is 1. The van der Waals surface area contributed by atoms with Gasteiger partial charge in [0.2, 0.25) is 0 Å². The molecular weight excluding hydrogens is 278 g/mol. The van der Waals surface area contributed by atoms with E-state index < -0.39 is 0 Å². The Bertz CT molecular complexity index is 748. The van der Waals surface area contributed by atoms with Crippen LogP contribution in [-0.4, -0.2) is 13.0 Å². The molecule has 22 heavy (non-hydrogen) atoms. The van der Waals surface area contributed by atoms with E-state index >= 15 is 0 Å². The van der Waals surface area contributed by atoms with Crippen LogP contribution in [0.3, 0.4) is 0 Å². The van der Waals surface area contributed by atoms with E-state index in [1.54, 1.807) is 19.3 Å². The summed E-state index contributed by atoms with van der Waals surface area (Å²) in [6, 6.07) is 14.8. The normalized spacial score (nSPS) is 12.5. The number of ether oxygens (including phenoxy) is 2. The third-order valence-electron chi connectivity index (χ3n) is 3.26. The van der Waals surface area contributed by atoms with Crippen molar-refractivity contribution in [1.29, 1.82) is 0 Å². The molecule has 1 aliphatic heterocycles. The largest absolute Gasteiger partial charge is 0.497 e. The number of methoxy groups -OCH3 is 1. The molecule has 4 nitrogen and oxygen atoms in total. The lowest BCUT2D eigenvalue weighted by Gasteiger charge is -2.07. The minimum absolute atomic E-state index is 0.193. The van der Waals surface area contributed by atoms with Crippen LogP contribution in [0.25, 0.3) is 6.08 Å². The average Bonchev–Trinajstić information content (AvgIpc) is 2.77. The quantitative estimate of drug-likeness (QED) is 0.940. The maximum absolute atomic E-state index is 12.4. The number of para-hydroxylation sites is 1. The number of carbonyl (C=O) groups is 1. The Morgan fingerprint density at radius 3 is 2.73 bits per heavy atom. The van der Waals surface area contributed by atoms with Gasteiger partial charge in [-0.25, -0.2) is 0 Å². The minimum Gasteiger partial charge on any atom is -0.497 e. The molecule has 0 aromatic heterocycles. The molecule has 0 fully saturated rings. The number of nitrogens with one attached hydrogen (secondary N) is 1. The molecule has 0 radical (unpaired) electrons. The van der Waals surface area contributed by atoms with Gasteiger partial charge in [0.05, 0.1) is 13.4 Å². The number of fused-ring (bicyclic) bond motifs is 1. The monoisotopic (exact) mass is 293 g/mol. The number of amides is 1. The fraction of sp³-hybridized carbons (Fsp3) is 0.0556. The van der Waals surface area contributed by atoms with Gasteiger partial charge in [0, 0.05) is 16.8 Å². The highest BCUT2D eigenvalue weighted by Gasteiger charge is 2.13. The van der Waals surface area contributed by atoms with Crippen molar-refractivity contribution in [3.8, 4) is 11.5 Å². The predicted molar refractivity (Wildman–Crippen MR) is 85.8 cm³/mol. The van der Waals surface area contributed by atoms with E-state index in [2.05, 4.69) is 5.32 Å². The molecule has 0 saturated heterocycles. The number of hydrogen-bond acceptors (Lipinski definition) is 3. The molecule has 1 aliphatic rings. The molecule has 0 atom stereocenters. The first kappa shape index (κ1) is 13.9. The Balaban J connectivity index is 1.89. The van der Waals surface area contributed by atoms with Crippen LogP contribution >= 0.6 is 0 Å². The van der Waals surface area contributed by atoms with E-state index in [1.807, 2.05) is 48.5 Å². The lowest BCUT2D eigenvalue weighted by molar-refractivity contribution is -0.112. The number of hydrogen-bond donors (Lipinski definition) is 1. The zero-order valence-electron chi connectivity index (χ0n) is 12.1. The summed E-state index contributed by atoms with van der Waals surface area (Å²) in [6.07, 6.45) is 4.93. The molecule has 0 bridgehead atoms. The summed E-state index contributed by atoms with van der Waals surface area (Å²) in [5.41, 5.74) is 2.05. The van der Waals surface area contributed by atoms with Crippen molar-refractivity contribution in [2.24, 2.45) is 0 Å². The highest BCUT2D eigenvalue weighted by molar-refractivity contribution is 6.09. The van der Waals surface area contributed by atoms with E-state index in [4.69, 9.17) is 9.47 Å². The van der Waals surface area contributed by atoms with Crippen molar-refractivity contribution < 1.29 is 14.3 Å². The van der Waals surface area contributed by atoms with Crippen molar-refractivity contribution in [2.45, 2.75) is 0 Å². The second-order valence-electron chi connectivity index (χ2n) is 4.74. The molecule has 1 amide bonds. The van der Waals surface area contributed by atoms with Crippen LogP contribution in [0.5, 0.6) is 11.5 Å². The highest BCUT2D eigenvalue weighted by atomic mass is 16.5. The summed E-state index contributed by atoms with van der Waals surface area (Å²) in [6.45, 7) is 0. The maximum atomic E-state index is 12.4. The van der Waals surface area contributed by atoms with E-state index in [-0.39, 0.29) is 5.91 Å². The highest BCUT2D eigenvalue weighted by Crippen LogP contribution is 2.29. The van der Waals surface area contributed by atoms with E-state index in [1.165, 1.54) is 6.26 Å². The molecule has 2 aromatic rings. The van der Waals surface area contributed by atoms with Crippen LogP contribution in [0.15, 0.2) is 66.4 Å². The first-order valence-corrected chi connectivity index (χ1v) is 6.85. The van der Waals surface area contributed by atoms with Crippen molar-refractivity contribution in [1.82, 2.24) is 0 Å². The minimum atomic E-state index is -0.193. The third kappa shape index (κ3) is 3.01. The van der Waals surface area contributed by atoms with Crippen LogP contribution in [0.2, 0.25) is 0 Å². The Morgan fingerprint density at radius 2 is 1.95 bits per heavy atom. The molecule has 4 heteroatoms. The summed E-state index contributed by atoms with van der Waals surface area (Å²) >= 11 is 0. The van der Waals surface area contributed by atoms with Crippen molar-refractivity contribution >= 4 is 17.7 Å². The van der Waals surface area contributed by atoms with E-state index in [0.29, 0.717) is 17.1 Å². The summed E-state index contributed by atoms with van der Waals surface area (Å²) in [7, 11) is 1.60. The number of rotatable bonds is 3. The summed E-state index contributed by atoms with van der Waals surface area (Å²) < 4.78 is 10.7. The summed E-state index contributed by atoms with van der Waals surface area (Å²) in [5, 5.41) is 2.85. The Labute approximate surface area is 128 Å². The lowest BCUT2D eigenvalue weighted by atomic mass is 10.1. The molecule has 1 heterocycles. The standard InChI is InChI=1S/C18H15NO3/c1-21-16-7-8-17-14(12-16)11-13(9-10-22-17)18(20)19-15-5-3-2-4-6-15/h2-12H,1H3,(H,19,20). The van der Waals surface area contributed by atoms with Gasteiger partial charge in [-0.3, -0.25) is 4.79 Å². The molecule has 1 N–H and O–H groups in total. The number of carbonyl (C=O) groups excluding carboxylic acids is 1. The van der Waals surface area contributed by atoms with Gasteiger partial charge in [0.25, 0.3) is 5.91 Å². The first-order chi connectivity index (χ1) is 10.8.